The Labute approximate surface area is 159 Å². The lowest BCUT2D eigenvalue weighted by Crippen LogP contribution is -2.33. The van der Waals surface area contributed by atoms with Crippen LogP contribution < -0.4 is 0 Å². The number of nitro benzene ring substituents is 1. The van der Waals surface area contributed by atoms with Crippen molar-refractivity contribution in [1.29, 1.82) is 0 Å². The summed E-state index contributed by atoms with van der Waals surface area (Å²) in [6.07, 6.45) is -1.36. The van der Waals surface area contributed by atoms with Crippen molar-refractivity contribution in [3.63, 3.8) is 0 Å². The highest BCUT2D eigenvalue weighted by molar-refractivity contribution is 6.37. The first kappa shape index (κ1) is 19.0. The highest BCUT2D eigenvalue weighted by Crippen LogP contribution is 2.33. The number of carbonyl (C=O) groups excluding carboxylic acids is 2. The largest absolute Gasteiger partial charge is 0.458 e. The summed E-state index contributed by atoms with van der Waals surface area (Å²) in [6, 6.07) is 13.5. The molecule has 2 aromatic rings. The molecule has 0 saturated carbocycles. The minimum atomic E-state index is -1.36. The van der Waals surface area contributed by atoms with Crippen LogP contribution in [0.5, 0.6) is 0 Å². The average Bonchev–Trinajstić information content (AvgIpc) is 3.05. The van der Waals surface area contributed by atoms with Gasteiger partial charge >= 0.3 is 11.7 Å². The maximum absolute atomic E-state index is 12.9. The number of benzene rings is 2. The fourth-order valence-electron chi connectivity index (χ4n) is 3.01. The Balaban J connectivity index is 2.08. The summed E-state index contributed by atoms with van der Waals surface area (Å²) >= 11 is 0. The van der Waals surface area contributed by atoms with Crippen molar-refractivity contribution < 1.29 is 29.0 Å². The van der Waals surface area contributed by atoms with Gasteiger partial charge < -0.3 is 9.57 Å². The number of nitro groups is 1. The SMILES string of the molecule is CCOC(=O)C1=[N+]([O-])O[C@H](C(=O)c2ccccc2)[C@@H]1c1cccc([N+](=O)[O-])c1. The number of hydrogen-bond donors (Lipinski definition) is 0. The lowest BCUT2D eigenvalue weighted by atomic mass is 9.85. The van der Waals surface area contributed by atoms with Crippen molar-refractivity contribution in [2.24, 2.45) is 0 Å². The molecule has 0 aliphatic carbocycles. The molecule has 0 aromatic heterocycles. The normalized spacial score (nSPS) is 18.5. The van der Waals surface area contributed by atoms with Gasteiger partial charge in [0.2, 0.25) is 0 Å². The van der Waals surface area contributed by atoms with Crippen LogP contribution >= 0.6 is 0 Å². The number of nitrogens with zero attached hydrogens (tertiary/aromatic N) is 2. The van der Waals surface area contributed by atoms with Crippen LogP contribution in [0.2, 0.25) is 0 Å². The topological polar surface area (TPSA) is 122 Å². The lowest BCUT2D eigenvalue weighted by molar-refractivity contribution is -0.736. The van der Waals surface area contributed by atoms with E-state index in [0.29, 0.717) is 0 Å². The first-order valence-electron chi connectivity index (χ1n) is 8.45. The summed E-state index contributed by atoms with van der Waals surface area (Å²) in [6.45, 7) is 1.58. The highest BCUT2D eigenvalue weighted by atomic mass is 16.9. The Morgan fingerprint density at radius 1 is 1.18 bits per heavy atom. The standard InChI is InChI=1S/C19H16N2O7/c1-2-27-19(23)16-15(13-9-6-10-14(11-13)20(24)25)18(28-21(16)26)17(22)12-7-4-3-5-8-12/h3-11,15,18H,2H2,1H3/t15-,18+/m1/s1. The van der Waals surface area contributed by atoms with E-state index in [-0.39, 0.29) is 28.3 Å². The molecule has 2 aromatic carbocycles. The summed E-state index contributed by atoms with van der Waals surface area (Å²) in [7, 11) is 0. The zero-order valence-electron chi connectivity index (χ0n) is 14.8. The molecule has 9 heteroatoms. The van der Waals surface area contributed by atoms with Crippen molar-refractivity contribution in [3.05, 3.63) is 81.0 Å². The van der Waals surface area contributed by atoms with Crippen LogP contribution in [0.15, 0.2) is 54.6 Å². The molecule has 3 rings (SSSR count). The number of hydrogen-bond acceptors (Lipinski definition) is 7. The van der Waals surface area contributed by atoms with Crippen molar-refractivity contribution in [3.8, 4) is 0 Å². The van der Waals surface area contributed by atoms with E-state index in [4.69, 9.17) is 9.57 Å². The third-order valence-corrected chi connectivity index (χ3v) is 4.24. The number of rotatable bonds is 6. The lowest BCUT2D eigenvalue weighted by Gasteiger charge is -2.18. The predicted molar refractivity (Wildman–Crippen MR) is 96.8 cm³/mol. The van der Waals surface area contributed by atoms with Gasteiger partial charge in [-0.15, -0.1) is 0 Å². The van der Waals surface area contributed by atoms with Crippen molar-refractivity contribution in [2.75, 3.05) is 6.61 Å². The first-order valence-corrected chi connectivity index (χ1v) is 8.45. The molecular formula is C19H16N2O7. The number of ether oxygens (including phenoxy) is 1. The van der Waals surface area contributed by atoms with Crippen LogP contribution in [0.3, 0.4) is 0 Å². The van der Waals surface area contributed by atoms with Crippen molar-refractivity contribution in [2.45, 2.75) is 18.9 Å². The van der Waals surface area contributed by atoms with E-state index in [1.165, 1.54) is 24.3 Å². The summed E-state index contributed by atoms with van der Waals surface area (Å²) in [4.78, 5) is 40.9. The van der Waals surface area contributed by atoms with Crippen LogP contribution in [0.1, 0.15) is 28.8 Å². The van der Waals surface area contributed by atoms with E-state index in [1.807, 2.05) is 0 Å². The maximum atomic E-state index is 12.9. The van der Waals surface area contributed by atoms with Gasteiger partial charge in [0.15, 0.2) is 5.78 Å². The Kier molecular flexibility index (Phi) is 5.35. The van der Waals surface area contributed by atoms with Crippen LogP contribution in [-0.4, -0.2) is 40.0 Å². The van der Waals surface area contributed by atoms with Gasteiger partial charge in [-0.25, -0.2) is 4.79 Å². The molecule has 1 aliphatic rings. The van der Waals surface area contributed by atoms with Gasteiger partial charge in [0, 0.05) is 17.7 Å². The van der Waals surface area contributed by atoms with E-state index in [2.05, 4.69) is 0 Å². The second-order valence-electron chi connectivity index (χ2n) is 5.95. The summed E-state index contributed by atoms with van der Waals surface area (Å²) in [5.41, 5.74) is -0.168. The number of Topliss-reactive ketones (excluding diaryl/α,β-unsaturated/α-hetero) is 1. The minimum absolute atomic E-state index is 0.00906. The second-order valence-corrected chi connectivity index (χ2v) is 5.95. The number of esters is 1. The molecule has 0 fully saturated rings. The van der Waals surface area contributed by atoms with Gasteiger partial charge in [0.1, 0.15) is 12.0 Å². The molecule has 0 amide bonds. The molecule has 144 valence electrons. The van der Waals surface area contributed by atoms with E-state index in [1.54, 1.807) is 37.3 Å². The van der Waals surface area contributed by atoms with Gasteiger partial charge in [0.05, 0.1) is 16.4 Å². The molecule has 9 nitrogen and oxygen atoms in total. The molecule has 0 unspecified atom stereocenters. The Hall–Kier alpha value is -3.75. The van der Waals surface area contributed by atoms with Gasteiger partial charge in [-0.05, 0) is 12.5 Å². The van der Waals surface area contributed by atoms with E-state index >= 15 is 0 Å². The Morgan fingerprint density at radius 3 is 2.54 bits per heavy atom. The molecule has 1 heterocycles. The van der Waals surface area contributed by atoms with Gasteiger partial charge in [-0.3, -0.25) is 20.1 Å². The van der Waals surface area contributed by atoms with E-state index < -0.39 is 34.4 Å². The molecule has 0 spiro atoms. The summed E-state index contributed by atoms with van der Waals surface area (Å²) in [5, 5.41) is 23.4. The number of ketones is 1. The zero-order chi connectivity index (χ0) is 20.3. The Bertz CT molecular complexity index is 956. The van der Waals surface area contributed by atoms with Crippen LogP contribution in [0.25, 0.3) is 0 Å². The number of non-ortho nitro benzene ring substituents is 1. The van der Waals surface area contributed by atoms with Crippen LogP contribution in [0.4, 0.5) is 5.69 Å². The second kappa shape index (κ2) is 7.87. The smallest absolute Gasteiger partial charge is 0.405 e. The van der Waals surface area contributed by atoms with E-state index in [9.17, 15) is 24.9 Å². The van der Waals surface area contributed by atoms with Crippen molar-refractivity contribution >= 4 is 23.2 Å². The van der Waals surface area contributed by atoms with Crippen LogP contribution in [0, 0.1) is 15.3 Å². The van der Waals surface area contributed by atoms with Gasteiger partial charge in [-0.2, -0.15) is 0 Å². The maximum Gasteiger partial charge on any atom is 0.405 e. The average molecular weight is 384 g/mol. The quantitative estimate of drug-likeness (QED) is 0.246. The highest BCUT2D eigenvalue weighted by Gasteiger charge is 2.49. The minimum Gasteiger partial charge on any atom is -0.458 e. The molecule has 0 bridgehead atoms. The fraction of sp³-hybridized carbons (Fsp3) is 0.211. The molecular weight excluding hydrogens is 368 g/mol. The molecule has 1 aliphatic heterocycles. The van der Waals surface area contributed by atoms with E-state index in [0.717, 1.165) is 0 Å². The van der Waals surface area contributed by atoms with Gasteiger partial charge in [-0.1, -0.05) is 42.5 Å². The number of carbonyl (C=O) groups is 2. The molecule has 0 radical (unpaired) electrons. The fourth-order valence-corrected chi connectivity index (χ4v) is 3.01. The third-order valence-electron chi connectivity index (χ3n) is 4.24. The first-order chi connectivity index (χ1) is 13.4. The molecule has 28 heavy (non-hydrogen) atoms. The van der Waals surface area contributed by atoms with Gasteiger partial charge in [0.25, 0.3) is 5.69 Å². The molecule has 2 atom stereocenters. The molecule has 0 N–H and O–H groups in total. The molecule has 0 saturated heterocycles. The predicted octanol–water partition coefficient (Wildman–Crippen LogP) is 2.39. The monoisotopic (exact) mass is 384 g/mol. The third kappa shape index (κ3) is 3.54. The zero-order valence-corrected chi connectivity index (χ0v) is 14.8. The Morgan fingerprint density at radius 2 is 1.89 bits per heavy atom. The van der Waals surface area contributed by atoms with Crippen LogP contribution in [-0.2, 0) is 14.4 Å². The summed E-state index contributed by atoms with van der Waals surface area (Å²) < 4.78 is 4.92. The van der Waals surface area contributed by atoms with Crippen molar-refractivity contribution in [1.82, 2.24) is 0 Å². The summed E-state index contributed by atoms with van der Waals surface area (Å²) in [5.74, 6) is -2.63.